The summed E-state index contributed by atoms with van der Waals surface area (Å²) < 4.78 is 49.0. The lowest BCUT2D eigenvalue weighted by Gasteiger charge is -2.17. The molecule has 0 spiro atoms. The molecule has 20 heavy (non-hydrogen) atoms. The number of hydrogen-bond acceptors (Lipinski definition) is 3. The molecule has 0 radical (unpaired) electrons. The van der Waals surface area contributed by atoms with Crippen LogP contribution in [-0.2, 0) is 22.1 Å². The van der Waals surface area contributed by atoms with Gasteiger partial charge in [-0.25, -0.2) is 0 Å². The van der Waals surface area contributed by atoms with Crippen molar-refractivity contribution in [3.8, 4) is 5.75 Å². The summed E-state index contributed by atoms with van der Waals surface area (Å²) in [6.07, 6.45) is -5.17. The Kier molecular flexibility index (Phi) is 5.82. The summed E-state index contributed by atoms with van der Waals surface area (Å²) in [5, 5.41) is 8.58. The molecule has 1 rings (SSSR count). The molecule has 4 nitrogen and oxygen atoms in total. The van der Waals surface area contributed by atoms with Crippen molar-refractivity contribution in [3.63, 3.8) is 0 Å². The number of methoxy groups -OCH3 is 1. The minimum atomic E-state index is -4.60. The van der Waals surface area contributed by atoms with Gasteiger partial charge in [-0.1, -0.05) is 12.1 Å². The van der Waals surface area contributed by atoms with Crippen LogP contribution in [-0.4, -0.2) is 31.4 Å². The third kappa shape index (κ3) is 4.73. The lowest BCUT2D eigenvalue weighted by Crippen LogP contribution is -2.15. The monoisotopic (exact) mass is 292 g/mol. The molecule has 0 bridgehead atoms. The van der Waals surface area contributed by atoms with Gasteiger partial charge in [-0.3, -0.25) is 4.79 Å². The first-order valence-electron chi connectivity index (χ1n) is 5.89. The molecule has 0 aliphatic carbocycles. The highest BCUT2D eigenvalue weighted by Crippen LogP contribution is 2.39. The maximum absolute atomic E-state index is 13.1. The predicted molar refractivity (Wildman–Crippen MR) is 64.8 cm³/mol. The van der Waals surface area contributed by atoms with Crippen LogP contribution in [0, 0.1) is 0 Å². The molecular weight excluding hydrogens is 277 g/mol. The Morgan fingerprint density at radius 1 is 1.30 bits per heavy atom. The summed E-state index contributed by atoms with van der Waals surface area (Å²) in [7, 11) is 1.41. The van der Waals surface area contributed by atoms with E-state index in [2.05, 4.69) is 0 Å². The van der Waals surface area contributed by atoms with Gasteiger partial charge in [0.05, 0.1) is 6.61 Å². The summed E-state index contributed by atoms with van der Waals surface area (Å²) in [5.74, 6) is -1.46. The molecule has 0 aliphatic heterocycles. The van der Waals surface area contributed by atoms with Gasteiger partial charge in [0.1, 0.15) is 17.9 Å². The van der Waals surface area contributed by atoms with Gasteiger partial charge in [0.15, 0.2) is 0 Å². The van der Waals surface area contributed by atoms with Crippen molar-refractivity contribution in [1.29, 1.82) is 0 Å². The van der Waals surface area contributed by atoms with Crippen molar-refractivity contribution in [2.75, 3.05) is 20.3 Å². The normalized spacial score (nSPS) is 11.4. The Labute approximate surface area is 114 Å². The van der Waals surface area contributed by atoms with Crippen LogP contribution < -0.4 is 4.74 Å². The van der Waals surface area contributed by atoms with E-state index < -0.39 is 17.7 Å². The highest BCUT2D eigenvalue weighted by Gasteiger charge is 2.37. The van der Waals surface area contributed by atoms with E-state index in [4.69, 9.17) is 14.6 Å². The molecule has 7 heteroatoms. The van der Waals surface area contributed by atoms with E-state index in [0.717, 1.165) is 0 Å². The molecule has 0 atom stereocenters. The van der Waals surface area contributed by atoms with Gasteiger partial charge in [-0.2, -0.15) is 13.2 Å². The van der Waals surface area contributed by atoms with E-state index in [0.29, 0.717) is 0 Å². The van der Waals surface area contributed by atoms with E-state index in [9.17, 15) is 18.0 Å². The standard InChI is InChI=1S/C13H15F3O4/c1-19-7-8-20-10-4-2-3-9(5-6-11(17)18)12(10)13(14,15)16/h2-4H,5-8H2,1H3,(H,17,18). The molecule has 0 amide bonds. The molecule has 0 saturated heterocycles. The van der Waals surface area contributed by atoms with Crippen LogP contribution in [0.4, 0.5) is 13.2 Å². The largest absolute Gasteiger partial charge is 0.491 e. The number of carboxylic acid groups (broad SMARTS) is 1. The lowest BCUT2D eigenvalue weighted by atomic mass is 10.0. The molecule has 0 heterocycles. The Morgan fingerprint density at radius 2 is 2.00 bits per heavy atom. The zero-order valence-electron chi connectivity index (χ0n) is 10.9. The molecule has 0 saturated carbocycles. The highest BCUT2D eigenvalue weighted by molar-refractivity contribution is 5.67. The van der Waals surface area contributed by atoms with E-state index in [-0.39, 0.29) is 37.4 Å². The summed E-state index contributed by atoms with van der Waals surface area (Å²) in [5.41, 5.74) is -1.01. The van der Waals surface area contributed by atoms with E-state index in [1.54, 1.807) is 0 Å². The molecule has 1 aromatic rings. The van der Waals surface area contributed by atoms with Crippen molar-refractivity contribution in [1.82, 2.24) is 0 Å². The Bertz CT molecular complexity index is 457. The quantitative estimate of drug-likeness (QED) is 0.785. The highest BCUT2D eigenvalue weighted by atomic mass is 19.4. The van der Waals surface area contributed by atoms with Gasteiger partial charge in [0.25, 0.3) is 0 Å². The van der Waals surface area contributed by atoms with Gasteiger partial charge in [0.2, 0.25) is 0 Å². The minimum absolute atomic E-state index is 0.0119. The predicted octanol–water partition coefficient (Wildman–Crippen LogP) is 2.75. The number of rotatable bonds is 7. The maximum Gasteiger partial charge on any atom is 0.420 e. The molecule has 1 aromatic carbocycles. The number of alkyl halides is 3. The van der Waals surface area contributed by atoms with Crippen LogP contribution >= 0.6 is 0 Å². The third-order valence-corrected chi connectivity index (χ3v) is 2.55. The van der Waals surface area contributed by atoms with Crippen molar-refractivity contribution in [2.24, 2.45) is 0 Å². The third-order valence-electron chi connectivity index (χ3n) is 2.55. The number of ether oxygens (including phenoxy) is 2. The van der Waals surface area contributed by atoms with Gasteiger partial charge in [-0.05, 0) is 18.1 Å². The average Bonchev–Trinajstić information content (AvgIpc) is 2.35. The first-order valence-corrected chi connectivity index (χ1v) is 5.89. The first-order chi connectivity index (χ1) is 9.36. The van der Waals surface area contributed by atoms with Gasteiger partial charge >= 0.3 is 12.1 Å². The average molecular weight is 292 g/mol. The SMILES string of the molecule is COCCOc1cccc(CCC(=O)O)c1C(F)(F)F. The fourth-order valence-electron chi connectivity index (χ4n) is 1.70. The second-order valence-corrected chi connectivity index (χ2v) is 4.02. The topological polar surface area (TPSA) is 55.8 Å². The first kappa shape index (κ1) is 16.3. The molecular formula is C13H15F3O4. The summed E-state index contributed by atoms with van der Waals surface area (Å²) in [4.78, 5) is 10.5. The molecule has 0 fully saturated rings. The molecule has 1 N–H and O–H groups in total. The smallest absolute Gasteiger partial charge is 0.420 e. The van der Waals surface area contributed by atoms with Crippen molar-refractivity contribution < 1.29 is 32.5 Å². The van der Waals surface area contributed by atoms with Gasteiger partial charge in [-0.15, -0.1) is 0 Å². The molecule has 0 aliphatic rings. The van der Waals surface area contributed by atoms with Crippen LogP contribution in [0.2, 0.25) is 0 Å². The fraction of sp³-hybridized carbons (Fsp3) is 0.462. The van der Waals surface area contributed by atoms with Gasteiger partial charge < -0.3 is 14.6 Å². The Hall–Kier alpha value is -1.76. The lowest BCUT2D eigenvalue weighted by molar-refractivity contribution is -0.141. The number of carboxylic acids is 1. The Morgan fingerprint density at radius 3 is 2.55 bits per heavy atom. The number of aryl methyl sites for hydroxylation is 1. The second-order valence-electron chi connectivity index (χ2n) is 4.02. The van der Waals surface area contributed by atoms with E-state index in [1.165, 1.54) is 25.3 Å². The summed E-state index contributed by atoms with van der Waals surface area (Å²) in [6.45, 7) is 0.151. The number of hydrogen-bond donors (Lipinski definition) is 1. The van der Waals surface area contributed by atoms with Crippen molar-refractivity contribution in [2.45, 2.75) is 19.0 Å². The zero-order valence-corrected chi connectivity index (χ0v) is 10.9. The number of halogens is 3. The fourth-order valence-corrected chi connectivity index (χ4v) is 1.70. The van der Waals surface area contributed by atoms with Crippen LogP contribution in [0.1, 0.15) is 17.5 Å². The Balaban J connectivity index is 3.04. The number of benzene rings is 1. The van der Waals surface area contributed by atoms with Crippen LogP contribution in [0.5, 0.6) is 5.75 Å². The van der Waals surface area contributed by atoms with Crippen LogP contribution in [0.3, 0.4) is 0 Å². The minimum Gasteiger partial charge on any atom is -0.491 e. The van der Waals surface area contributed by atoms with E-state index in [1.807, 2.05) is 0 Å². The number of aliphatic carboxylic acids is 1. The maximum atomic E-state index is 13.1. The number of carbonyl (C=O) groups is 1. The zero-order chi connectivity index (χ0) is 15.2. The van der Waals surface area contributed by atoms with Crippen LogP contribution in [0.15, 0.2) is 18.2 Å². The van der Waals surface area contributed by atoms with Crippen molar-refractivity contribution >= 4 is 5.97 Å². The molecule has 0 aromatic heterocycles. The second kappa shape index (κ2) is 7.14. The summed E-state index contributed by atoms with van der Waals surface area (Å²) >= 11 is 0. The van der Waals surface area contributed by atoms with E-state index >= 15 is 0 Å². The molecule has 0 unspecified atom stereocenters. The van der Waals surface area contributed by atoms with Gasteiger partial charge in [0, 0.05) is 13.5 Å². The van der Waals surface area contributed by atoms with Crippen molar-refractivity contribution in [3.05, 3.63) is 29.3 Å². The summed E-state index contributed by atoms with van der Waals surface area (Å²) in [6, 6.07) is 3.88. The molecule has 112 valence electrons. The van der Waals surface area contributed by atoms with Crippen LogP contribution in [0.25, 0.3) is 0 Å².